The summed E-state index contributed by atoms with van der Waals surface area (Å²) < 4.78 is 5.05. The Morgan fingerprint density at radius 2 is 2.13 bits per heavy atom. The molecular weight excluding hydrogens is 210 g/mol. The SMILES string of the molecule is CNC(=O)C[CH]Sc1ccc(OC)cc1. The van der Waals surface area contributed by atoms with Gasteiger partial charge in [-0.1, -0.05) is 0 Å². The lowest BCUT2D eigenvalue weighted by molar-refractivity contribution is -0.119. The monoisotopic (exact) mass is 224 g/mol. The van der Waals surface area contributed by atoms with Gasteiger partial charge in [0.1, 0.15) is 5.75 Å². The number of rotatable bonds is 5. The first kappa shape index (κ1) is 11.9. The fourth-order valence-corrected chi connectivity index (χ4v) is 1.69. The van der Waals surface area contributed by atoms with Gasteiger partial charge in [-0.15, -0.1) is 11.8 Å². The minimum absolute atomic E-state index is 0.0241. The molecule has 0 atom stereocenters. The number of methoxy groups -OCH3 is 1. The molecule has 1 radical (unpaired) electrons. The van der Waals surface area contributed by atoms with Gasteiger partial charge in [-0.25, -0.2) is 0 Å². The van der Waals surface area contributed by atoms with E-state index in [0.717, 1.165) is 10.6 Å². The normalized spacial score (nSPS) is 9.73. The summed E-state index contributed by atoms with van der Waals surface area (Å²) >= 11 is 1.54. The summed E-state index contributed by atoms with van der Waals surface area (Å²) in [6, 6.07) is 7.72. The molecule has 0 spiro atoms. The second kappa shape index (κ2) is 6.35. The second-order valence-corrected chi connectivity index (χ2v) is 3.88. The average molecular weight is 224 g/mol. The summed E-state index contributed by atoms with van der Waals surface area (Å²) in [6.07, 6.45) is 0.424. The van der Waals surface area contributed by atoms with E-state index in [9.17, 15) is 4.79 Å². The van der Waals surface area contributed by atoms with Gasteiger partial charge in [-0.3, -0.25) is 4.79 Å². The van der Waals surface area contributed by atoms with Crippen LogP contribution in [0.4, 0.5) is 0 Å². The van der Waals surface area contributed by atoms with Gasteiger partial charge in [-0.2, -0.15) is 0 Å². The van der Waals surface area contributed by atoms with Crippen molar-refractivity contribution in [2.24, 2.45) is 0 Å². The maximum absolute atomic E-state index is 10.9. The van der Waals surface area contributed by atoms with Gasteiger partial charge in [0.05, 0.1) is 7.11 Å². The van der Waals surface area contributed by atoms with Gasteiger partial charge in [0.25, 0.3) is 0 Å². The summed E-state index contributed by atoms with van der Waals surface area (Å²) in [7, 11) is 3.27. The van der Waals surface area contributed by atoms with Crippen molar-refractivity contribution < 1.29 is 9.53 Å². The zero-order valence-electron chi connectivity index (χ0n) is 8.82. The summed E-state index contributed by atoms with van der Waals surface area (Å²) in [5.74, 6) is 2.74. The molecule has 1 aromatic rings. The second-order valence-electron chi connectivity index (χ2n) is 2.84. The van der Waals surface area contributed by atoms with E-state index in [1.54, 1.807) is 25.9 Å². The molecule has 0 aliphatic heterocycles. The molecule has 0 aliphatic rings. The van der Waals surface area contributed by atoms with Crippen LogP contribution in [0, 0.1) is 5.75 Å². The Bertz CT molecular complexity index is 311. The Morgan fingerprint density at radius 3 is 2.67 bits per heavy atom. The van der Waals surface area contributed by atoms with Gasteiger partial charge in [0.15, 0.2) is 0 Å². The number of carbonyl (C=O) groups is 1. The molecule has 15 heavy (non-hydrogen) atoms. The first-order chi connectivity index (χ1) is 7.26. The third kappa shape index (κ3) is 4.25. The number of amides is 1. The van der Waals surface area contributed by atoms with Crippen LogP contribution >= 0.6 is 11.8 Å². The third-order valence-electron chi connectivity index (χ3n) is 1.83. The largest absolute Gasteiger partial charge is 0.497 e. The highest BCUT2D eigenvalue weighted by Gasteiger charge is 1.99. The zero-order chi connectivity index (χ0) is 11.1. The minimum atomic E-state index is 0.0241. The van der Waals surface area contributed by atoms with Gasteiger partial charge in [-0.05, 0) is 24.3 Å². The summed E-state index contributed by atoms with van der Waals surface area (Å²) in [6.45, 7) is 0. The summed E-state index contributed by atoms with van der Waals surface area (Å²) in [5.41, 5.74) is 0. The van der Waals surface area contributed by atoms with Crippen LogP contribution in [-0.2, 0) is 4.79 Å². The van der Waals surface area contributed by atoms with Crippen LogP contribution in [0.5, 0.6) is 5.75 Å². The molecule has 0 aromatic heterocycles. The zero-order valence-corrected chi connectivity index (χ0v) is 9.64. The molecule has 1 rings (SSSR count). The molecule has 1 aromatic carbocycles. The fourth-order valence-electron chi connectivity index (χ4n) is 0.970. The number of thioether (sulfide) groups is 1. The van der Waals surface area contributed by atoms with Crippen molar-refractivity contribution in [2.45, 2.75) is 11.3 Å². The molecule has 0 saturated carbocycles. The molecule has 4 heteroatoms. The molecule has 1 N–H and O–H groups in total. The van der Waals surface area contributed by atoms with E-state index < -0.39 is 0 Å². The summed E-state index contributed by atoms with van der Waals surface area (Å²) in [5, 5.41) is 2.57. The van der Waals surface area contributed by atoms with Crippen LogP contribution in [-0.4, -0.2) is 20.1 Å². The Hall–Kier alpha value is -1.16. The van der Waals surface area contributed by atoms with Crippen LogP contribution < -0.4 is 10.1 Å². The Morgan fingerprint density at radius 1 is 1.47 bits per heavy atom. The topological polar surface area (TPSA) is 38.3 Å². The molecule has 1 amide bonds. The smallest absolute Gasteiger partial charge is 0.220 e. The number of hydrogen-bond donors (Lipinski definition) is 1. The van der Waals surface area contributed by atoms with Gasteiger partial charge in [0.2, 0.25) is 5.91 Å². The van der Waals surface area contributed by atoms with Crippen molar-refractivity contribution >= 4 is 17.7 Å². The number of ether oxygens (including phenoxy) is 1. The predicted molar refractivity (Wildman–Crippen MR) is 61.8 cm³/mol. The lowest BCUT2D eigenvalue weighted by Crippen LogP contribution is -2.16. The van der Waals surface area contributed by atoms with Gasteiger partial charge < -0.3 is 10.1 Å². The van der Waals surface area contributed by atoms with E-state index in [0.29, 0.717) is 6.42 Å². The summed E-state index contributed by atoms with van der Waals surface area (Å²) in [4.78, 5) is 12.0. The number of hydrogen-bond acceptors (Lipinski definition) is 3. The molecule has 0 heterocycles. The standard InChI is InChI=1S/C11H14NO2S/c1-12-11(13)7-8-15-10-5-3-9(14-2)4-6-10/h3-6,8H,7H2,1-2H3,(H,12,13). The Balaban J connectivity index is 2.34. The van der Waals surface area contributed by atoms with Crippen molar-refractivity contribution in [3.63, 3.8) is 0 Å². The molecule has 0 aliphatic carbocycles. The molecule has 0 bridgehead atoms. The quantitative estimate of drug-likeness (QED) is 0.778. The molecule has 0 saturated heterocycles. The maximum atomic E-state index is 10.9. The van der Waals surface area contributed by atoms with E-state index in [-0.39, 0.29) is 5.91 Å². The Kier molecular flexibility index (Phi) is 5.04. The van der Waals surface area contributed by atoms with Gasteiger partial charge >= 0.3 is 0 Å². The fraction of sp³-hybridized carbons (Fsp3) is 0.273. The number of carbonyl (C=O) groups excluding carboxylic acids is 1. The third-order valence-corrected chi connectivity index (χ3v) is 2.70. The van der Waals surface area contributed by atoms with Crippen molar-refractivity contribution in [1.29, 1.82) is 0 Å². The maximum Gasteiger partial charge on any atom is 0.220 e. The van der Waals surface area contributed by atoms with Crippen LogP contribution in [0.25, 0.3) is 0 Å². The van der Waals surface area contributed by atoms with Crippen molar-refractivity contribution in [3.05, 3.63) is 30.0 Å². The number of benzene rings is 1. The lowest BCUT2D eigenvalue weighted by atomic mass is 10.3. The first-order valence-electron chi connectivity index (χ1n) is 4.59. The highest BCUT2D eigenvalue weighted by atomic mass is 32.2. The van der Waals surface area contributed by atoms with Crippen LogP contribution in [0.1, 0.15) is 6.42 Å². The number of nitrogens with one attached hydrogen (secondary N) is 1. The lowest BCUT2D eigenvalue weighted by Gasteiger charge is -2.02. The highest BCUT2D eigenvalue weighted by Crippen LogP contribution is 2.24. The van der Waals surface area contributed by atoms with E-state index >= 15 is 0 Å². The molecular formula is C11H14NO2S. The molecule has 3 nitrogen and oxygen atoms in total. The van der Waals surface area contributed by atoms with E-state index in [2.05, 4.69) is 5.32 Å². The molecule has 0 fully saturated rings. The van der Waals surface area contributed by atoms with Crippen LogP contribution in [0.15, 0.2) is 29.2 Å². The van der Waals surface area contributed by atoms with E-state index in [1.165, 1.54) is 0 Å². The predicted octanol–water partition coefficient (Wildman–Crippen LogP) is 2.09. The minimum Gasteiger partial charge on any atom is -0.497 e. The van der Waals surface area contributed by atoms with Crippen molar-refractivity contribution in [2.75, 3.05) is 14.2 Å². The highest BCUT2D eigenvalue weighted by molar-refractivity contribution is 8.01. The van der Waals surface area contributed by atoms with E-state index in [1.807, 2.05) is 30.0 Å². The molecule has 81 valence electrons. The van der Waals surface area contributed by atoms with Crippen LogP contribution in [0.2, 0.25) is 0 Å². The van der Waals surface area contributed by atoms with Gasteiger partial charge in [0, 0.05) is 24.1 Å². The van der Waals surface area contributed by atoms with Crippen molar-refractivity contribution in [1.82, 2.24) is 5.32 Å². The average Bonchev–Trinajstić information content (AvgIpc) is 2.29. The Labute approximate surface area is 94.2 Å². The molecule has 0 unspecified atom stereocenters. The van der Waals surface area contributed by atoms with E-state index in [4.69, 9.17) is 4.74 Å². The first-order valence-corrected chi connectivity index (χ1v) is 5.47. The van der Waals surface area contributed by atoms with Crippen LogP contribution in [0.3, 0.4) is 0 Å². The van der Waals surface area contributed by atoms with Crippen molar-refractivity contribution in [3.8, 4) is 5.75 Å².